The van der Waals surface area contributed by atoms with Crippen LogP contribution in [0, 0.1) is 10.1 Å². The number of amides is 3. The molecule has 1 heterocycles. The molecule has 2 aromatic carbocycles. The average molecular weight is 476 g/mol. The number of benzene rings is 2. The number of hydrogen-bond donors (Lipinski definition) is 2. The minimum Gasteiger partial charge on any atom is -0.383 e. The maximum absolute atomic E-state index is 13.0. The molecule has 0 aromatic heterocycles. The fraction of sp³-hybridized carbons (Fsp3) is 0.364. The summed E-state index contributed by atoms with van der Waals surface area (Å²) in [4.78, 5) is 39.9. The molecule has 11 heteroatoms. The van der Waals surface area contributed by atoms with E-state index in [-0.39, 0.29) is 23.2 Å². The van der Waals surface area contributed by atoms with E-state index in [0.29, 0.717) is 62.1 Å². The molecular weight excluding hydrogens is 450 g/mol. The second kappa shape index (κ2) is 11.5. The van der Waals surface area contributed by atoms with E-state index in [2.05, 4.69) is 10.6 Å². The third kappa shape index (κ3) is 6.56. The van der Waals surface area contributed by atoms with E-state index in [1.165, 1.54) is 12.1 Å². The third-order valence-corrected chi connectivity index (χ3v) is 5.48. The molecule has 1 fully saturated rings. The first-order valence-corrected chi connectivity index (χ1v) is 10.9. The molecule has 0 radical (unpaired) electrons. The van der Waals surface area contributed by atoms with Crippen LogP contribution in [0.4, 0.5) is 21.9 Å². The number of nitro benzene ring substituents is 1. The smallest absolute Gasteiger partial charge is 0.321 e. The third-order valence-electron chi connectivity index (χ3n) is 5.23. The number of rotatable bonds is 7. The van der Waals surface area contributed by atoms with E-state index >= 15 is 0 Å². The van der Waals surface area contributed by atoms with Gasteiger partial charge in [-0.15, -0.1) is 0 Å². The van der Waals surface area contributed by atoms with Crippen LogP contribution in [0.2, 0.25) is 5.02 Å². The molecule has 2 aromatic rings. The van der Waals surface area contributed by atoms with E-state index in [1.54, 1.807) is 47.2 Å². The molecule has 2 N–H and O–H groups in total. The van der Waals surface area contributed by atoms with Gasteiger partial charge < -0.3 is 25.2 Å². The zero-order valence-electron chi connectivity index (χ0n) is 18.3. The van der Waals surface area contributed by atoms with Crippen LogP contribution in [0.1, 0.15) is 16.8 Å². The molecule has 3 amide bonds. The van der Waals surface area contributed by atoms with Crippen molar-refractivity contribution in [3.05, 3.63) is 63.2 Å². The molecule has 0 bridgehead atoms. The summed E-state index contributed by atoms with van der Waals surface area (Å²) in [7, 11) is 1.54. The molecule has 0 saturated carbocycles. The van der Waals surface area contributed by atoms with Crippen LogP contribution in [0.25, 0.3) is 0 Å². The van der Waals surface area contributed by atoms with Gasteiger partial charge in [-0.25, -0.2) is 4.79 Å². The van der Waals surface area contributed by atoms with Crippen LogP contribution < -0.4 is 10.6 Å². The minimum atomic E-state index is -0.517. The summed E-state index contributed by atoms with van der Waals surface area (Å²) in [5, 5.41) is 17.8. The Balaban J connectivity index is 1.63. The van der Waals surface area contributed by atoms with Crippen molar-refractivity contribution >= 4 is 40.6 Å². The van der Waals surface area contributed by atoms with Gasteiger partial charge in [0.25, 0.3) is 11.6 Å². The van der Waals surface area contributed by atoms with E-state index in [4.69, 9.17) is 16.3 Å². The molecule has 0 aliphatic carbocycles. The van der Waals surface area contributed by atoms with Gasteiger partial charge in [0.1, 0.15) is 5.69 Å². The molecule has 1 aliphatic heterocycles. The van der Waals surface area contributed by atoms with Crippen LogP contribution in [-0.2, 0) is 4.74 Å². The Morgan fingerprint density at radius 3 is 2.48 bits per heavy atom. The van der Waals surface area contributed by atoms with Crippen molar-refractivity contribution in [1.82, 2.24) is 9.80 Å². The van der Waals surface area contributed by atoms with Gasteiger partial charge in [-0.3, -0.25) is 14.9 Å². The standard InChI is InChI=1S/C22H26ClN5O5/c1-33-14-9-24-19-8-3-16(15-20(19)28(31)32)21(29)26-10-2-11-27(13-12-26)22(30)25-18-6-4-17(23)5-7-18/h3-8,15,24H,2,9-14H2,1H3,(H,25,30). The molecule has 0 spiro atoms. The number of carbonyl (C=O) groups excluding carboxylic acids is 2. The van der Waals surface area contributed by atoms with Gasteiger partial charge in [-0.1, -0.05) is 11.6 Å². The van der Waals surface area contributed by atoms with Gasteiger partial charge in [0.15, 0.2) is 0 Å². The number of methoxy groups -OCH3 is 1. The zero-order valence-corrected chi connectivity index (χ0v) is 19.0. The fourth-order valence-electron chi connectivity index (χ4n) is 3.49. The molecule has 10 nitrogen and oxygen atoms in total. The molecular formula is C22H26ClN5O5. The fourth-order valence-corrected chi connectivity index (χ4v) is 3.62. The summed E-state index contributed by atoms with van der Waals surface area (Å²) >= 11 is 5.87. The lowest BCUT2D eigenvalue weighted by atomic mass is 10.1. The molecule has 176 valence electrons. The quantitative estimate of drug-likeness (QED) is 0.358. The molecule has 0 unspecified atom stereocenters. The van der Waals surface area contributed by atoms with Gasteiger partial charge in [0.2, 0.25) is 0 Å². The number of hydrogen-bond acceptors (Lipinski definition) is 6. The first-order valence-electron chi connectivity index (χ1n) is 10.5. The highest BCUT2D eigenvalue weighted by atomic mass is 35.5. The Hall–Kier alpha value is -3.37. The molecule has 3 rings (SSSR count). The highest BCUT2D eigenvalue weighted by Crippen LogP contribution is 2.26. The van der Waals surface area contributed by atoms with Gasteiger partial charge >= 0.3 is 6.03 Å². The minimum absolute atomic E-state index is 0.171. The summed E-state index contributed by atoms with van der Waals surface area (Å²) in [5.74, 6) is -0.304. The number of nitrogens with one attached hydrogen (secondary N) is 2. The molecule has 0 atom stereocenters. The van der Waals surface area contributed by atoms with Crippen LogP contribution in [0.3, 0.4) is 0 Å². The van der Waals surface area contributed by atoms with E-state index in [0.717, 1.165) is 0 Å². The van der Waals surface area contributed by atoms with Crippen molar-refractivity contribution in [2.75, 3.05) is 57.1 Å². The second-order valence-corrected chi connectivity index (χ2v) is 7.91. The number of anilines is 2. The number of nitrogens with zero attached hydrogens (tertiary/aromatic N) is 3. The zero-order chi connectivity index (χ0) is 23.8. The summed E-state index contributed by atoms with van der Waals surface area (Å²) in [6.07, 6.45) is 0.596. The molecule has 33 heavy (non-hydrogen) atoms. The Morgan fingerprint density at radius 2 is 1.79 bits per heavy atom. The highest BCUT2D eigenvalue weighted by molar-refractivity contribution is 6.30. The predicted octanol–water partition coefficient (Wildman–Crippen LogP) is 3.69. The van der Waals surface area contributed by atoms with Crippen molar-refractivity contribution in [1.29, 1.82) is 0 Å². The van der Waals surface area contributed by atoms with Gasteiger partial charge in [-0.05, 0) is 42.8 Å². The summed E-state index contributed by atoms with van der Waals surface area (Å²) in [5.41, 5.74) is 1.02. The van der Waals surface area contributed by atoms with E-state index in [9.17, 15) is 19.7 Å². The van der Waals surface area contributed by atoms with Crippen molar-refractivity contribution in [2.45, 2.75) is 6.42 Å². The van der Waals surface area contributed by atoms with Crippen LogP contribution in [0.15, 0.2) is 42.5 Å². The van der Waals surface area contributed by atoms with Crippen molar-refractivity contribution < 1.29 is 19.2 Å². The highest BCUT2D eigenvalue weighted by Gasteiger charge is 2.25. The number of ether oxygens (including phenoxy) is 1. The van der Waals surface area contributed by atoms with E-state index < -0.39 is 4.92 Å². The maximum Gasteiger partial charge on any atom is 0.321 e. The second-order valence-electron chi connectivity index (χ2n) is 7.48. The predicted molar refractivity (Wildman–Crippen MR) is 126 cm³/mol. The normalized spacial score (nSPS) is 13.9. The number of halogens is 1. The topological polar surface area (TPSA) is 117 Å². The van der Waals surface area contributed by atoms with Crippen LogP contribution in [0.5, 0.6) is 0 Å². The van der Waals surface area contributed by atoms with Gasteiger partial charge in [0, 0.05) is 62.2 Å². The molecule has 1 saturated heterocycles. The average Bonchev–Trinajstić information content (AvgIpc) is 3.07. The van der Waals surface area contributed by atoms with Crippen LogP contribution in [-0.4, -0.2) is 73.1 Å². The van der Waals surface area contributed by atoms with Gasteiger partial charge in [0.05, 0.1) is 11.5 Å². The monoisotopic (exact) mass is 475 g/mol. The maximum atomic E-state index is 13.0. The molecule has 1 aliphatic rings. The van der Waals surface area contributed by atoms with Crippen molar-refractivity contribution in [2.24, 2.45) is 0 Å². The summed E-state index contributed by atoms with van der Waals surface area (Å²) in [6.45, 7) is 2.42. The Bertz CT molecular complexity index is 1000. The summed E-state index contributed by atoms with van der Waals surface area (Å²) in [6, 6.07) is 10.9. The lowest BCUT2D eigenvalue weighted by Gasteiger charge is -2.22. The van der Waals surface area contributed by atoms with Crippen molar-refractivity contribution in [3.8, 4) is 0 Å². The lowest BCUT2D eigenvalue weighted by molar-refractivity contribution is -0.384. The largest absolute Gasteiger partial charge is 0.383 e. The Kier molecular flexibility index (Phi) is 8.45. The number of carbonyl (C=O) groups is 2. The Labute approximate surface area is 196 Å². The van der Waals surface area contributed by atoms with Crippen LogP contribution >= 0.6 is 11.6 Å². The lowest BCUT2D eigenvalue weighted by Crippen LogP contribution is -2.39. The first-order chi connectivity index (χ1) is 15.9. The van der Waals surface area contributed by atoms with Gasteiger partial charge in [-0.2, -0.15) is 0 Å². The first kappa shape index (κ1) is 24.3. The number of nitro groups is 1. The Morgan fingerprint density at radius 1 is 1.09 bits per heavy atom. The van der Waals surface area contributed by atoms with E-state index in [1.807, 2.05) is 0 Å². The summed E-state index contributed by atoms with van der Waals surface area (Å²) < 4.78 is 4.95. The SMILES string of the molecule is COCCNc1ccc(C(=O)N2CCCN(C(=O)Nc3ccc(Cl)cc3)CC2)cc1[N+](=O)[O-]. The van der Waals surface area contributed by atoms with Crippen molar-refractivity contribution in [3.63, 3.8) is 0 Å². The number of urea groups is 1.